The zero-order valence-corrected chi connectivity index (χ0v) is 11.2. The van der Waals surface area contributed by atoms with Gasteiger partial charge in [0.25, 0.3) is 11.5 Å². The van der Waals surface area contributed by atoms with E-state index in [1.54, 1.807) is 30.3 Å². The number of carbonyl (C=O) groups is 2. The molecule has 0 saturated heterocycles. The number of hydrogen-bond donors (Lipinski definition) is 0. The maximum atomic E-state index is 12.4. The minimum Gasteiger partial charge on any atom is -0.618 e. The predicted octanol–water partition coefficient (Wildman–Crippen LogP) is 2.30. The highest BCUT2D eigenvalue weighted by atomic mass is 16.5. The first kappa shape index (κ1) is 13.1. The van der Waals surface area contributed by atoms with Gasteiger partial charge in [0.2, 0.25) is 5.69 Å². The zero-order chi connectivity index (χ0) is 15.0. The van der Waals surface area contributed by atoms with E-state index in [0.29, 0.717) is 10.3 Å². The average molecular weight is 281 g/mol. The second kappa shape index (κ2) is 4.86. The number of ketones is 1. The zero-order valence-electron chi connectivity index (χ0n) is 11.2. The molecule has 0 aliphatic carbocycles. The summed E-state index contributed by atoms with van der Waals surface area (Å²) in [6.07, 6.45) is 0. The van der Waals surface area contributed by atoms with Crippen LogP contribution in [0, 0.1) is 5.21 Å². The Morgan fingerprint density at radius 3 is 2.52 bits per heavy atom. The van der Waals surface area contributed by atoms with Gasteiger partial charge >= 0.3 is 5.97 Å². The molecule has 0 spiro atoms. The fourth-order valence-corrected chi connectivity index (χ4v) is 2.32. The van der Waals surface area contributed by atoms with Crippen LogP contribution in [0.5, 0.6) is 0 Å². The van der Waals surface area contributed by atoms with Gasteiger partial charge in [-0.05, 0) is 24.3 Å². The average Bonchev–Trinajstić information content (AvgIpc) is 2.78. The fourth-order valence-electron chi connectivity index (χ4n) is 2.32. The highest BCUT2D eigenvalue weighted by Gasteiger charge is 2.37. The summed E-state index contributed by atoms with van der Waals surface area (Å²) in [5, 5.41) is 12.4. The molecule has 1 aliphatic rings. The van der Waals surface area contributed by atoms with Crippen LogP contribution in [0.15, 0.2) is 48.5 Å². The maximum absolute atomic E-state index is 12.4. The van der Waals surface area contributed by atoms with Gasteiger partial charge in [-0.15, -0.1) is 0 Å². The molecule has 1 heterocycles. The van der Waals surface area contributed by atoms with E-state index in [2.05, 4.69) is 4.74 Å². The first-order chi connectivity index (χ1) is 10.1. The second-order valence-corrected chi connectivity index (χ2v) is 4.56. The van der Waals surface area contributed by atoms with Crippen LogP contribution in [0.1, 0.15) is 26.3 Å². The Morgan fingerprint density at radius 2 is 1.86 bits per heavy atom. The second-order valence-electron chi connectivity index (χ2n) is 4.56. The number of ether oxygens (including phenoxy) is 1. The lowest BCUT2D eigenvalue weighted by molar-refractivity contribution is -0.355. The summed E-state index contributed by atoms with van der Waals surface area (Å²) in [6.45, 7) is 0. The van der Waals surface area contributed by atoms with Crippen molar-refractivity contribution in [3.63, 3.8) is 0 Å². The van der Waals surface area contributed by atoms with Crippen molar-refractivity contribution < 1.29 is 19.1 Å². The molecule has 0 atom stereocenters. The van der Waals surface area contributed by atoms with Gasteiger partial charge in [0.15, 0.2) is 0 Å². The van der Waals surface area contributed by atoms with Crippen molar-refractivity contribution in [2.45, 2.75) is 0 Å². The van der Waals surface area contributed by atoms with E-state index in [-0.39, 0.29) is 28.3 Å². The molecule has 0 saturated carbocycles. The molecule has 0 amide bonds. The summed E-state index contributed by atoms with van der Waals surface area (Å²) in [5.41, 5.74) is 1.30. The van der Waals surface area contributed by atoms with Gasteiger partial charge in [-0.2, -0.15) is 4.74 Å². The summed E-state index contributed by atoms with van der Waals surface area (Å²) in [5.74, 6) is -0.894. The lowest BCUT2D eigenvalue weighted by Crippen LogP contribution is -2.16. The predicted molar refractivity (Wildman–Crippen MR) is 76.0 cm³/mol. The Balaban J connectivity index is 2.15. The van der Waals surface area contributed by atoms with Gasteiger partial charge in [0, 0.05) is 6.07 Å². The smallest absolute Gasteiger partial charge is 0.338 e. The lowest BCUT2D eigenvalue weighted by Gasteiger charge is -2.03. The molecule has 5 heteroatoms. The number of hydrogen-bond acceptors (Lipinski definition) is 4. The molecule has 5 nitrogen and oxygen atoms in total. The Hall–Kier alpha value is -2.95. The summed E-state index contributed by atoms with van der Waals surface area (Å²) in [6, 6.07) is 13.0. The van der Waals surface area contributed by atoms with E-state index < -0.39 is 5.97 Å². The van der Waals surface area contributed by atoms with Crippen molar-refractivity contribution in [3.8, 4) is 0 Å². The quantitative estimate of drug-likeness (QED) is 0.481. The lowest BCUT2D eigenvalue weighted by atomic mass is 10.0. The van der Waals surface area contributed by atoms with E-state index in [1.165, 1.54) is 25.3 Å². The molecule has 0 radical (unpaired) electrons. The third-order valence-electron chi connectivity index (χ3n) is 3.35. The molecule has 0 fully saturated rings. The third kappa shape index (κ3) is 1.99. The molecule has 0 unspecified atom stereocenters. The van der Waals surface area contributed by atoms with Gasteiger partial charge in [-0.1, -0.05) is 18.2 Å². The van der Waals surface area contributed by atoms with Gasteiger partial charge in [0.05, 0.1) is 18.2 Å². The Morgan fingerprint density at radius 1 is 1.14 bits per heavy atom. The Bertz CT molecular complexity index is 778. The molecule has 2 aromatic rings. The van der Waals surface area contributed by atoms with Crippen molar-refractivity contribution in [1.82, 2.24) is 0 Å². The Kier molecular flexibility index (Phi) is 3.02. The molecule has 0 N–H and O–H groups in total. The normalized spacial score (nSPS) is 13.3. The van der Waals surface area contributed by atoms with Gasteiger partial charge in [-0.25, -0.2) is 4.79 Å². The highest BCUT2D eigenvalue weighted by Crippen LogP contribution is 2.29. The SMILES string of the molecule is COC(=O)c1ccc2c(c1)[N+]([O-])=C(c1ccccc1)C2=O. The molecule has 104 valence electrons. The molecule has 0 aromatic heterocycles. The minimum atomic E-state index is -0.549. The van der Waals surface area contributed by atoms with Crippen LogP contribution in [-0.4, -0.2) is 29.3 Å². The first-order valence-electron chi connectivity index (χ1n) is 6.30. The number of carbonyl (C=O) groups excluding carboxylic acids is 2. The number of nitrogens with zero attached hydrogens (tertiary/aromatic N) is 1. The van der Waals surface area contributed by atoms with Crippen molar-refractivity contribution in [2.75, 3.05) is 7.11 Å². The number of fused-ring (bicyclic) bond motifs is 1. The van der Waals surface area contributed by atoms with Crippen LogP contribution < -0.4 is 0 Å². The highest BCUT2D eigenvalue weighted by molar-refractivity contribution is 6.52. The molecule has 3 rings (SSSR count). The number of esters is 1. The van der Waals surface area contributed by atoms with Crippen molar-refractivity contribution in [2.24, 2.45) is 0 Å². The van der Waals surface area contributed by atoms with Crippen LogP contribution in [0.25, 0.3) is 0 Å². The minimum absolute atomic E-state index is 0.0626. The summed E-state index contributed by atoms with van der Waals surface area (Å²) in [7, 11) is 1.26. The van der Waals surface area contributed by atoms with Crippen molar-refractivity contribution >= 4 is 23.2 Å². The van der Waals surface area contributed by atoms with E-state index in [1.807, 2.05) is 0 Å². The monoisotopic (exact) mass is 281 g/mol. The largest absolute Gasteiger partial charge is 0.618 e. The van der Waals surface area contributed by atoms with Crippen LogP contribution in [0.4, 0.5) is 5.69 Å². The third-order valence-corrected chi connectivity index (χ3v) is 3.35. The van der Waals surface area contributed by atoms with E-state index in [0.717, 1.165) is 0 Å². The molecular weight excluding hydrogens is 270 g/mol. The van der Waals surface area contributed by atoms with Gasteiger partial charge < -0.3 is 9.94 Å². The molecule has 21 heavy (non-hydrogen) atoms. The number of rotatable bonds is 2. The topological polar surface area (TPSA) is 69.4 Å². The number of methoxy groups -OCH3 is 1. The van der Waals surface area contributed by atoms with Gasteiger partial charge in [0.1, 0.15) is 5.56 Å². The summed E-state index contributed by atoms with van der Waals surface area (Å²) >= 11 is 0. The first-order valence-corrected chi connectivity index (χ1v) is 6.30. The summed E-state index contributed by atoms with van der Waals surface area (Å²) < 4.78 is 5.19. The standard InChI is InChI=1S/C16H11NO4/c1-21-16(19)11-7-8-12-13(9-11)17(20)14(15(12)18)10-5-3-2-4-6-10/h2-9H,1H3. The van der Waals surface area contributed by atoms with Gasteiger partial charge in [-0.3, -0.25) is 4.79 Å². The molecule has 2 aromatic carbocycles. The van der Waals surface area contributed by atoms with E-state index >= 15 is 0 Å². The van der Waals surface area contributed by atoms with Crippen LogP contribution >= 0.6 is 0 Å². The molecule has 1 aliphatic heterocycles. The van der Waals surface area contributed by atoms with Crippen molar-refractivity contribution in [1.29, 1.82) is 0 Å². The number of Topliss-reactive ketones (excluding diaryl/α,β-unsaturated/α-hetero) is 1. The van der Waals surface area contributed by atoms with Crippen molar-refractivity contribution in [3.05, 3.63) is 70.4 Å². The molecular formula is C16H11NO4. The maximum Gasteiger partial charge on any atom is 0.338 e. The van der Waals surface area contributed by atoms with Crippen LogP contribution in [0.2, 0.25) is 0 Å². The van der Waals surface area contributed by atoms with Crippen LogP contribution in [0.3, 0.4) is 0 Å². The van der Waals surface area contributed by atoms with E-state index in [4.69, 9.17) is 0 Å². The molecule has 0 bridgehead atoms. The fraction of sp³-hybridized carbons (Fsp3) is 0.0625. The number of benzene rings is 2. The van der Waals surface area contributed by atoms with Crippen LogP contribution in [-0.2, 0) is 4.74 Å². The van der Waals surface area contributed by atoms with E-state index in [9.17, 15) is 14.8 Å². The Labute approximate surface area is 120 Å². The summed E-state index contributed by atoms with van der Waals surface area (Å²) in [4.78, 5) is 23.9.